The van der Waals surface area contributed by atoms with Crippen LogP contribution in [0.4, 0.5) is 0 Å². The van der Waals surface area contributed by atoms with E-state index < -0.39 is 11.5 Å². The second kappa shape index (κ2) is 5.50. The molecule has 1 N–H and O–H groups in total. The molecule has 0 spiro atoms. The Kier molecular flexibility index (Phi) is 4.58. The topological polar surface area (TPSA) is 46.5 Å². The third kappa shape index (κ3) is 3.20. The molecule has 0 amide bonds. The van der Waals surface area contributed by atoms with Crippen molar-refractivity contribution in [1.82, 2.24) is 0 Å². The first-order valence-electron chi connectivity index (χ1n) is 5.99. The quantitative estimate of drug-likeness (QED) is 0.579. The predicted octanol–water partition coefficient (Wildman–Crippen LogP) is 2.27. The molecule has 0 aliphatic heterocycles. The summed E-state index contributed by atoms with van der Waals surface area (Å²) in [4.78, 5) is 11.6. The molecular formula is C12H22O3. The Balaban J connectivity index is 2.61. The Labute approximate surface area is 91.8 Å². The third-order valence-corrected chi connectivity index (χ3v) is 3.42. The van der Waals surface area contributed by atoms with E-state index >= 15 is 0 Å². The molecule has 0 bridgehead atoms. The minimum atomic E-state index is -0.831. The van der Waals surface area contributed by atoms with Gasteiger partial charge < -0.3 is 9.84 Å². The maximum absolute atomic E-state index is 11.6. The Morgan fingerprint density at radius 2 is 1.87 bits per heavy atom. The zero-order chi connectivity index (χ0) is 11.3. The van der Waals surface area contributed by atoms with Crippen LogP contribution < -0.4 is 0 Å². The second-order valence-corrected chi connectivity index (χ2v) is 4.49. The maximum atomic E-state index is 11.6. The van der Waals surface area contributed by atoms with Crippen LogP contribution in [0.2, 0.25) is 0 Å². The van der Waals surface area contributed by atoms with E-state index in [0.717, 1.165) is 38.5 Å². The summed E-state index contributed by atoms with van der Waals surface area (Å²) < 4.78 is 4.96. The summed E-state index contributed by atoms with van der Waals surface area (Å²) in [5.41, 5.74) is -0.831. The number of carbonyl (C=O) groups is 1. The molecule has 1 rings (SSSR count). The van der Waals surface area contributed by atoms with Crippen LogP contribution >= 0.6 is 0 Å². The van der Waals surface area contributed by atoms with Gasteiger partial charge in [-0.15, -0.1) is 0 Å². The summed E-state index contributed by atoms with van der Waals surface area (Å²) >= 11 is 0. The van der Waals surface area contributed by atoms with E-state index in [1.807, 2.05) is 0 Å². The van der Waals surface area contributed by atoms with Gasteiger partial charge in [-0.05, 0) is 26.7 Å². The lowest BCUT2D eigenvalue weighted by Crippen LogP contribution is -2.41. The lowest BCUT2D eigenvalue weighted by molar-refractivity contribution is -0.158. The Hall–Kier alpha value is -0.570. The Bertz CT molecular complexity index is 205. The van der Waals surface area contributed by atoms with Crippen molar-refractivity contribution in [1.29, 1.82) is 0 Å². The summed E-state index contributed by atoms with van der Waals surface area (Å²) in [6, 6.07) is 0. The van der Waals surface area contributed by atoms with Crippen LogP contribution in [0.5, 0.6) is 0 Å². The number of ether oxygens (including phenoxy) is 1. The van der Waals surface area contributed by atoms with E-state index in [4.69, 9.17) is 4.74 Å². The van der Waals surface area contributed by atoms with Gasteiger partial charge in [-0.1, -0.05) is 25.7 Å². The molecule has 3 heteroatoms. The monoisotopic (exact) mass is 214 g/mol. The number of rotatable bonds is 3. The second-order valence-electron chi connectivity index (χ2n) is 4.49. The Morgan fingerprint density at radius 3 is 2.33 bits per heavy atom. The molecule has 1 fully saturated rings. The van der Waals surface area contributed by atoms with Crippen molar-refractivity contribution < 1.29 is 14.6 Å². The van der Waals surface area contributed by atoms with Crippen molar-refractivity contribution in [2.75, 3.05) is 6.61 Å². The first-order chi connectivity index (χ1) is 7.10. The molecule has 88 valence electrons. The normalized spacial score (nSPS) is 22.9. The summed E-state index contributed by atoms with van der Waals surface area (Å²) in [6.45, 7) is 3.96. The molecule has 0 aromatic rings. The van der Waals surface area contributed by atoms with E-state index in [1.54, 1.807) is 13.8 Å². The zero-order valence-electron chi connectivity index (χ0n) is 9.79. The third-order valence-electron chi connectivity index (χ3n) is 3.42. The molecule has 1 atom stereocenters. The fraction of sp³-hybridized carbons (Fsp3) is 0.917. The van der Waals surface area contributed by atoms with Gasteiger partial charge in [0.05, 0.1) is 18.1 Å². The number of hydrogen-bond donors (Lipinski definition) is 1. The predicted molar refractivity (Wildman–Crippen MR) is 58.4 cm³/mol. The number of carbonyl (C=O) groups excluding carboxylic acids is 1. The van der Waals surface area contributed by atoms with Gasteiger partial charge in [-0.3, -0.25) is 4.79 Å². The molecule has 0 aromatic heterocycles. The van der Waals surface area contributed by atoms with Crippen molar-refractivity contribution in [2.24, 2.45) is 5.92 Å². The van der Waals surface area contributed by atoms with Gasteiger partial charge in [-0.2, -0.15) is 0 Å². The van der Waals surface area contributed by atoms with Crippen LogP contribution in [0, 0.1) is 5.92 Å². The molecule has 1 aliphatic carbocycles. The maximum Gasteiger partial charge on any atom is 0.311 e. The van der Waals surface area contributed by atoms with Crippen molar-refractivity contribution in [2.45, 2.75) is 58.0 Å². The molecule has 0 radical (unpaired) electrons. The van der Waals surface area contributed by atoms with Gasteiger partial charge in [0, 0.05) is 0 Å². The molecule has 3 nitrogen and oxygen atoms in total. The summed E-state index contributed by atoms with van der Waals surface area (Å²) in [5, 5.41) is 10.4. The number of hydrogen-bond acceptors (Lipinski definition) is 3. The zero-order valence-corrected chi connectivity index (χ0v) is 9.79. The van der Waals surface area contributed by atoms with E-state index in [2.05, 4.69) is 0 Å². The van der Waals surface area contributed by atoms with Crippen molar-refractivity contribution in [3.05, 3.63) is 0 Å². The minimum absolute atomic E-state index is 0.262. The number of aliphatic hydroxyl groups is 1. The van der Waals surface area contributed by atoms with E-state index in [-0.39, 0.29) is 5.97 Å². The van der Waals surface area contributed by atoms with Crippen LogP contribution in [0.1, 0.15) is 52.4 Å². The molecular weight excluding hydrogens is 192 g/mol. The van der Waals surface area contributed by atoms with Crippen LogP contribution in [0.15, 0.2) is 0 Å². The highest BCUT2D eigenvalue weighted by Gasteiger charge is 2.38. The van der Waals surface area contributed by atoms with Crippen molar-refractivity contribution in [3.63, 3.8) is 0 Å². The largest absolute Gasteiger partial charge is 0.466 e. The average Bonchev–Trinajstić information content (AvgIpc) is 2.43. The Morgan fingerprint density at radius 1 is 1.33 bits per heavy atom. The summed E-state index contributed by atoms with van der Waals surface area (Å²) in [5.74, 6) is -0.655. The van der Waals surface area contributed by atoms with Gasteiger partial charge in [0.15, 0.2) is 0 Å². The first kappa shape index (κ1) is 12.5. The molecule has 1 unspecified atom stereocenters. The van der Waals surface area contributed by atoms with Gasteiger partial charge in [0.2, 0.25) is 0 Å². The van der Waals surface area contributed by atoms with Crippen LogP contribution in [-0.2, 0) is 9.53 Å². The fourth-order valence-electron chi connectivity index (χ4n) is 2.26. The lowest BCUT2D eigenvalue weighted by atomic mass is 9.82. The molecule has 1 saturated carbocycles. The molecule has 0 aromatic carbocycles. The number of esters is 1. The van der Waals surface area contributed by atoms with Gasteiger partial charge in [0.1, 0.15) is 0 Å². The summed E-state index contributed by atoms with van der Waals surface area (Å²) in [6.07, 6.45) is 5.82. The van der Waals surface area contributed by atoms with E-state index in [1.165, 1.54) is 0 Å². The van der Waals surface area contributed by atoms with Crippen LogP contribution in [0.25, 0.3) is 0 Å². The standard InChI is InChI=1S/C12H22O3/c1-3-15-11(13)10(2)12(14)8-6-4-5-7-9-12/h10,14H,3-9H2,1-2H3. The SMILES string of the molecule is CCOC(=O)C(C)C1(O)CCCCCC1. The highest BCUT2D eigenvalue weighted by atomic mass is 16.5. The summed E-state index contributed by atoms with van der Waals surface area (Å²) in [7, 11) is 0. The van der Waals surface area contributed by atoms with E-state index in [9.17, 15) is 9.90 Å². The van der Waals surface area contributed by atoms with E-state index in [0.29, 0.717) is 6.61 Å². The van der Waals surface area contributed by atoms with Crippen LogP contribution in [-0.4, -0.2) is 23.3 Å². The first-order valence-corrected chi connectivity index (χ1v) is 5.99. The fourth-order valence-corrected chi connectivity index (χ4v) is 2.26. The van der Waals surface area contributed by atoms with Crippen molar-refractivity contribution >= 4 is 5.97 Å². The van der Waals surface area contributed by atoms with Gasteiger partial charge >= 0.3 is 5.97 Å². The average molecular weight is 214 g/mol. The highest BCUT2D eigenvalue weighted by Crippen LogP contribution is 2.33. The lowest BCUT2D eigenvalue weighted by Gasteiger charge is -2.31. The minimum Gasteiger partial charge on any atom is -0.466 e. The molecule has 15 heavy (non-hydrogen) atoms. The molecule has 0 saturated heterocycles. The molecule has 1 aliphatic rings. The van der Waals surface area contributed by atoms with Gasteiger partial charge in [-0.25, -0.2) is 0 Å². The van der Waals surface area contributed by atoms with Crippen LogP contribution in [0.3, 0.4) is 0 Å². The highest BCUT2D eigenvalue weighted by molar-refractivity contribution is 5.73. The smallest absolute Gasteiger partial charge is 0.311 e. The molecule has 0 heterocycles. The van der Waals surface area contributed by atoms with Crippen molar-refractivity contribution in [3.8, 4) is 0 Å². The van der Waals surface area contributed by atoms with Gasteiger partial charge in [0.25, 0.3) is 0 Å².